The Morgan fingerprint density at radius 2 is 1.91 bits per heavy atom. The summed E-state index contributed by atoms with van der Waals surface area (Å²) in [5.41, 5.74) is 3.72. The molecule has 0 saturated heterocycles. The molecule has 0 aliphatic heterocycles. The van der Waals surface area contributed by atoms with Gasteiger partial charge in [0.1, 0.15) is 18.2 Å². The smallest absolute Gasteiger partial charge is 0.282 e. The summed E-state index contributed by atoms with van der Waals surface area (Å²) in [4.78, 5) is 18.0. The van der Waals surface area contributed by atoms with Crippen LogP contribution in [0.3, 0.4) is 0 Å². The maximum Gasteiger partial charge on any atom is 0.282 e. The molecule has 3 aromatic carbocycles. The number of nitrogens with zero attached hydrogens (tertiary/aromatic N) is 3. The fourth-order valence-corrected chi connectivity index (χ4v) is 3.88. The lowest BCUT2D eigenvalue weighted by atomic mass is 10.1. The zero-order valence-electron chi connectivity index (χ0n) is 19.0. The Balaban J connectivity index is 1.58. The molecule has 0 aliphatic rings. The number of hydrogen-bond donors (Lipinski definition) is 0. The van der Waals surface area contributed by atoms with Crippen molar-refractivity contribution >= 4 is 33.0 Å². The van der Waals surface area contributed by atoms with Crippen LogP contribution in [-0.2, 0) is 6.61 Å². The maximum atomic E-state index is 13.2. The largest absolute Gasteiger partial charge is 0.489 e. The Bertz CT molecular complexity index is 1360. The van der Waals surface area contributed by atoms with Crippen molar-refractivity contribution in [1.82, 2.24) is 9.66 Å². The van der Waals surface area contributed by atoms with E-state index in [2.05, 4.69) is 60.0 Å². The molecule has 4 rings (SSSR count). The average Bonchev–Trinajstić information content (AvgIpc) is 2.82. The van der Waals surface area contributed by atoms with Crippen LogP contribution in [0.25, 0.3) is 10.9 Å². The van der Waals surface area contributed by atoms with Crippen LogP contribution in [0.5, 0.6) is 5.75 Å². The normalized spacial score (nSPS) is 12.4. The summed E-state index contributed by atoms with van der Waals surface area (Å²) in [6.45, 7) is 6.71. The minimum absolute atomic E-state index is 0.0975. The van der Waals surface area contributed by atoms with Crippen molar-refractivity contribution in [2.75, 3.05) is 0 Å². The van der Waals surface area contributed by atoms with Gasteiger partial charge in [-0.05, 0) is 66.9 Å². The predicted octanol–water partition coefficient (Wildman–Crippen LogP) is 6.44. The zero-order valence-corrected chi connectivity index (χ0v) is 20.5. The fraction of sp³-hybridized carbons (Fsp3) is 0.222. The first kappa shape index (κ1) is 22.9. The molecule has 0 aliphatic carbocycles. The molecule has 33 heavy (non-hydrogen) atoms. The van der Waals surface area contributed by atoms with Crippen molar-refractivity contribution in [3.63, 3.8) is 0 Å². The lowest BCUT2D eigenvalue weighted by Crippen LogP contribution is -2.23. The quantitative estimate of drug-likeness (QED) is 0.272. The number of hydrogen-bond acceptors (Lipinski definition) is 4. The standard InChI is InChI=1S/C27H26BrN3O2/c1-4-19(3)26-30-25-13-10-22(28)15-24(25)27(32)31(26)29-16-20-8-11-23(12-9-20)33-17-21-7-5-6-18(2)14-21/h5-16,19H,4,17H2,1-3H3/t19-/m0/s1. The lowest BCUT2D eigenvalue weighted by molar-refractivity contribution is 0.306. The Morgan fingerprint density at radius 1 is 1.12 bits per heavy atom. The first-order valence-corrected chi connectivity index (χ1v) is 11.8. The van der Waals surface area contributed by atoms with Crippen molar-refractivity contribution in [3.8, 4) is 5.75 Å². The molecule has 168 valence electrons. The van der Waals surface area contributed by atoms with Crippen LogP contribution in [0.15, 0.2) is 81.1 Å². The second kappa shape index (κ2) is 10.1. The van der Waals surface area contributed by atoms with Crippen LogP contribution in [0.4, 0.5) is 0 Å². The van der Waals surface area contributed by atoms with Gasteiger partial charge in [-0.15, -0.1) is 0 Å². The molecule has 0 fully saturated rings. The SMILES string of the molecule is CC[C@H](C)c1nc2ccc(Br)cc2c(=O)n1N=Cc1ccc(OCc2cccc(C)c2)cc1. The molecule has 0 radical (unpaired) electrons. The Labute approximate surface area is 201 Å². The molecule has 0 unspecified atom stereocenters. The maximum absolute atomic E-state index is 13.2. The Hall–Kier alpha value is -3.25. The Kier molecular flexibility index (Phi) is 7.04. The van der Waals surface area contributed by atoms with E-state index in [0.717, 1.165) is 27.8 Å². The van der Waals surface area contributed by atoms with Gasteiger partial charge < -0.3 is 4.74 Å². The summed E-state index contributed by atoms with van der Waals surface area (Å²) >= 11 is 3.44. The second-order valence-corrected chi connectivity index (χ2v) is 9.06. The molecule has 5 nitrogen and oxygen atoms in total. The number of aromatic nitrogens is 2. The van der Waals surface area contributed by atoms with Crippen LogP contribution in [0, 0.1) is 6.92 Å². The molecule has 0 bridgehead atoms. The van der Waals surface area contributed by atoms with Gasteiger partial charge in [-0.3, -0.25) is 4.79 Å². The van der Waals surface area contributed by atoms with Gasteiger partial charge in [0, 0.05) is 10.4 Å². The van der Waals surface area contributed by atoms with E-state index in [9.17, 15) is 4.79 Å². The van der Waals surface area contributed by atoms with Crippen molar-refractivity contribution in [1.29, 1.82) is 0 Å². The van der Waals surface area contributed by atoms with Gasteiger partial charge in [0.2, 0.25) is 0 Å². The third-order valence-corrected chi connectivity index (χ3v) is 6.07. The van der Waals surface area contributed by atoms with Crippen molar-refractivity contribution < 1.29 is 4.74 Å². The molecule has 0 amide bonds. The van der Waals surface area contributed by atoms with Crippen LogP contribution in [0.1, 0.15) is 48.7 Å². The van der Waals surface area contributed by atoms with Gasteiger partial charge in [-0.25, -0.2) is 4.98 Å². The van der Waals surface area contributed by atoms with Gasteiger partial charge in [0.05, 0.1) is 17.1 Å². The monoisotopic (exact) mass is 503 g/mol. The number of rotatable bonds is 7. The van der Waals surface area contributed by atoms with Gasteiger partial charge in [0.15, 0.2) is 0 Å². The van der Waals surface area contributed by atoms with E-state index in [1.807, 2.05) is 42.5 Å². The van der Waals surface area contributed by atoms with Crippen LogP contribution in [0.2, 0.25) is 0 Å². The topological polar surface area (TPSA) is 56.5 Å². The predicted molar refractivity (Wildman–Crippen MR) is 137 cm³/mol. The fourth-order valence-electron chi connectivity index (χ4n) is 3.52. The minimum atomic E-state index is -0.175. The van der Waals surface area contributed by atoms with Gasteiger partial charge >= 0.3 is 0 Å². The van der Waals surface area contributed by atoms with E-state index < -0.39 is 0 Å². The number of ether oxygens (including phenoxy) is 1. The third kappa shape index (κ3) is 5.40. The van der Waals surface area contributed by atoms with Crippen molar-refractivity contribution in [2.24, 2.45) is 5.10 Å². The van der Waals surface area contributed by atoms with Crippen molar-refractivity contribution in [2.45, 2.75) is 39.7 Å². The number of fused-ring (bicyclic) bond motifs is 1. The second-order valence-electron chi connectivity index (χ2n) is 8.15. The molecular formula is C27H26BrN3O2. The number of halogens is 1. The molecule has 1 atom stereocenters. The van der Waals surface area contributed by atoms with Gasteiger partial charge in [0.25, 0.3) is 5.56 Å². The summed E-state index contributed by atoms with van der Waals surface area (Å²) < 4.78 is 8.15. The third-order valence-electron chi connectivity index (χ3n) is 5.58. The van der Waals surface area contributed by atoms with Crippen LogP contribution in [-0.4, -0.2) is 15.9 Å². The summed E-state index contributed by atoms with van der Waals surface area (Å²) in [6, 6.07) is 21.5. The highest BCUT2D eigenvalue weighted by molar-refractivity contribution is 9.10. The van der Waals surface area contributed by atoms with E-state index in [0.29, 0.717) is 23.3 Å². The van der Waals surface area contributed by atoms with E-state index >= 15 is 0 Å². The summed E-state index contributed by atoms with van der Waals surface area (Å²) in [5.74, 6) is 1.54. The number of benzene rings is 3. The van der Waals surface area contributed by atoms with Gasteiger partial charge in [-0.1, -0.05) is 59.6 Å². The molecule has 0 N–H and O–H groups in total. The molecule has 1 heterocycles. The summed E-state index contributed by atoms with van der Waals surface area (Å²) in [6.07, 6.45) is 2.54. The highest BCUT2D eigenvalue weighted by Gasteiger charge is 2.15. The van der Waals surface area contributed by atoms with Gasteiger partial charge in [-0.2, -0.15) is 9.78 Å². The number of aryl methyl sites for hydroxylation is 1. The highest BCUT2D eigenvalue weighted by Crippen LogP contribution is 2.21. The minimum Gasteiger partial charge on any atom is -0.489 e. The van der Waals surface area contributed by atoms with E-state index in [1.165, 1.54) is 10.2 Å². The highest BCUT2D eigenvalue weighted by atomic mass is 79.9. The first-order chi connectivity index (χ1) is 15.9. The molecule has 0 saturated carbocycles. The van der Waals surface area contributed by atoms with Crippen LogP contribution < -0.4 is 10.3 Å². The lowest BCUT2D eigenvalue weighted by Gasteiger charge is -2.14. The van der Waals surface area contributed by atoms with E-state index in [-0.39, 0.29) is 11.5 Å². The Morgan fingerprint density at radius 3 is 2.64 bits per heavy atom. The molecule has 6 heteroatoms. The summed E-state index contributed by atoms with van der Waals surface area (Å²) in [5, 5.41) is 5.05. The first-order valence-electron chi connectivity index (χ1n) is 11.0. The average molecular weight is 504 g/mol. The molecule has 1 aromatic heterocycles. The zero-order chi connectivity index (χ0) is 23.4. The van der Waals surface area contributed by atoms with E-state index in [1.54, 1.807) is 12.3 Å². The van der Waals surface area contributed by atoms with Crippen molar-refractivity contribution in [3.05, 3.63) is 104 Å². The molecule has 4 aromatic rings. The summed E-state index contributed by atoms with van der Waals surface area (Å²) in [7, 11) is 0. The molecule has 0 spiro atoms. The van der Waals surface area contributed by atoms with E-state index in [4.69, 9.17) is 9.72 Å². The van der Waals surface area contributed by atoms with Crippen LogP contribution >= 0.6 is 15.9 Å². The molecular weight excluding hydrogens is 478 g/mol.